The Morgan fingerprint density at radius 3 is 2.19 bits per heavy atom. The molecule has 110 valence electrons. The van der Waals surface area contributed by atoms with Gasteiger partial charge in [-0.2, -0.15) is 0 Å². The number of carbonyl (C=O) groups excluding carboxylic acids is 2. The Morgan fingerprint density at radius 2 is 1.62 bits per heavy atom. The number of fused-ring (bicyclic) bond motifs is 1. The van der Waals surface area contributed by atoms with Gasteiger partial charge in [-0.1, -0.05) is 0 Å². The molecule has 0 atom stereocenters. The van der Waals surface area contributed by atoms with E-state index in [1.54, 1.807) is 0 Å². The molecule has 8 heteroatoms. The second-order valence-corrected chi connectivity index (χ2v) is 4.00. The molecule has 2 aromatic rings. The van der Waals surface area contributed by atoms with Crippen molar-refractivity contribution in [3.63, 3.8) is 0 Å². The zero-order chi connectivity index (χ0) is 15.7. The number of aromatic nitrogens is 1. The van der Waals surface area contributed by atoms with Crippen molar-refractivity contribution in [1.82, 2.24) is 4.98 Å². The summed E-state index contributed by atoms with van der Waals surface area (Å²) in [6.07, 6.45) is 0. The SMILES string of the molecule is COC(=O)c1[nH]c2cc(F)c(F)cc2c(=O)c1C(=O)OC. The lowest BCUT2D eigenvalue weighted by atomic mass is 10.1. The molecular weight excluding hydrogens is 288 g/mol. The summed E-state index contributed by atoms with van der Waals surface area (Å²) in [4.78, 5) is 37.9. The molecule has 1 aromatic carbocycles. The largest absolute Gasteiger partial charge is 0.465 e. The van der Waals surface area contributed by atoms with Gasteiger partial charge in [0.05, 0.1) is 19.7 Å². The minimum absolute atomic E-state index is 0.146. The fourth-order valence-corrected chi connectivity index (χ4v) is 1.84. The molecule has 0 radical (unpaired) electrons. The van der Waals surface area contributed by atoms with Crippen LogP contribution in [0.4, 0.5) is 8.78 Å². The van der Waals surface area contributed by atoms with Crippen molar-refractivity contribution in [2.45, 2.75) is 0 Å². The molecule has 0 fully saturated rings. The summed E-state index contributed by atoms with van der Waals surface area (Å²) in [6, 6.07) is 1.34. The number of benzene rings is 1. The van der Waals surface area contributed by atoms with Crippen molar-refractivity contribution in [3.8, 4) is 0 Å². The van der Waals surface area contributed by atoms with Crippen LogP contribution in [-0.4, -0.2) is 31.1 Å². The number of pyridine rings is 1. The van der Waals surface area contributed by atoms with Crippen LogP contribution in [0.25, 0.3) is 10.9 Å². The van der Waals surface area contributed by atoms with Crippen molar-refractivity contribution in [2.24, 2.45) is 0 Å². The highest BCUT2D eigenvalue weighted by Crippen LogP contribution is 2.17. The van der Waals surface area contributed by atoms with Crippen LogP contribution in [-0.2, 0) is 9.47 Å². The molecule has 0 spiro atoms. The topological polar surface area (TPSA) is 85.5 Å². The molecule has 0 aliphatic carbocycles. The lowest BCUT2D eigenvalue weighted by Crippen LogP contribution is -2.24. The van der Waals surface area contributed by atoms with E-state index >= 15 is 0 Å². The predicted molar refractivity (Wildman–Crippen MR) is 67.2 cm³/mol. The number of ether oxygens (including phenoxy) is 2. The Hall–Kier alpha value is -2.77. The standard InChI is InChI=1S/C13H9F2NO5/c1-20-12(18)9-10(13(19)21-2)16-8-4-7(15)6(14)3-5(8)11(9)17/h3-4H,1-2H3,(H,16,17). The smallest absolute Gasteiger partial charge is 0.355 e. The second kappa shape index (κ2) is 5.31. The molecular formula is C13H9F2NO5. The quantitative estimate of drug-likeness (QED) is 0.846. The molecule has 6 nitrogen and oxygen atoms in total. The molecule has 0 saturated carbocycles. The molecule has 1 heterocycles. The minimum atomic E-state index is -1.25. The normalized spacial score (nSPS) is 10.5. The van der Waals surface area contributed by atoms with E-state index in [-0.39, 0.29) is 10.9 Å². The van der Waals surface area contributed by atoms with Gasteiger partial charge in [0.2, 0.25) is 5.43 Å². The van der Waals surface area contributed by atoms with Crippen LogP contribution in [0.15, 0.2) is 16.9 Å². The molecule has 0 bridgehead atoms. The molecule has 0 aliphatic heterocycles. The van der Waals surface area contributed by atoms with Gasteiger partial charge in [-0.05, 0) is 6.07 Å². The van der Waals surface area contributed by atoms with Gasteiger partial charge in [0.1, 0.15) is 11.3 Å². The minimum Gasteiger partial charge on any atom is -0.465 e. The molecule has 0 aliphatic rings. The Balaban J connectivity index is 2.94. The van der Waals surface area contributed by atoms with Gasteiger partial charge in [-0.25, -0.2) is 18.4 Å². The van der Waals surface area contributed by atoms with Crippen molar-refractivity contribution in [3.05, 3.63) is 45.2 Å². The highest BCUT2D eigenvalue weighted by molar-refractivity contribution is 6.04. The van der Waals surface area contributed by atoms with Crippen LogP contribution in [0.1, 0.15) is 20.8 Å². The van der Waals surface area contributed by atoms with Crippen molar-refractivity contribution in [1.29, 1.82) is 0 Å². The van der Waals surface area contributed by atoms with Gasteiger partial charge >= 0.3 is 11.9 Å². The number of hydrogen-bond acceptors (Lipinski definition) is 5. The van der Waals surface area contributed by atoms with E-state index in [0.29, 0.717) is 12.1 Å². The maximum Gasteiger partial charge on any atom is 0.355 e. The van der Waals surface area contributed by atoms with E-state index in [9.17, 15) is 23.2 Å². The third-order valence-electron chi connectivity index (χ3n) is 2.82. The zero-order valence-electron chi connectivity index (χ0n) is 11.0. The fraction of sp³-hybridized carbons (Fsp3) is 0.154. The summed E-state index contributed by atoms with van der Waals surface area (Å²) < 4.78 is 35.3. The number of rotatable bonds is 2. The number of halogens is 2. The average Bonchev–Trinajstić information content (AvgIpc) is 2.47. The molecule has 1 aromatic heterocycles. The molecule has 0 amide bonds. The first-order valence-corrected chi connectivity index (χ1v) is 5.62. The van der Waals surface area contributed by atoms with Crippen LogP contribution in [0.5, 0.6) is 0 Å². The summed E-state index contributed by atoms with van der Waals surface area (Å²) in [7, 11) is 2.05. The molecule has 0 saturated heterocycles. The predicted octanol–water partition coefficient (Wildman–Crippen LogP) is 1.38. The van der Waals surface area contributed by atoms with Gasteiger partial charge in [0.25, 0.3) is 0 Å². The summed E-state index contributed by atoms with van der Waals surface area (Å²) in [6.45, 7) is 0. The first kappa shape index (κ1) is 14.6. The summed E-state index contributed by atoms with van der Waals surface area (Å²) >= 11 is 0. The summed E-state index contributed by atoms with van der Waals surface area (Å²) in [5.41, 5.74) is -2.24. The Morgan fingerprint density at radius 1 is 1.05 bits per heavy atom. The van der Waals surface area contributed by atoms with Crippen molar-refractivity contribution >= 4 is 22.8 Å². The van der Waals surface area contributed by atoms with Gasteiger partial charge in [0.15, 0.2) is 11.6 Å². The highest BCUT2D eigenvalue weighted by Gasteiger charge is 2.25. The molecule has 2 rings (SSSR count). The number of methoxy groups -OCH3 is 2. The van der Waals surface area contributed by atoms with Gasteiger partial charge in [0, 0.05) is 11.5 Å². The van der Waals surface area contributed by atoms with Gasteiger partial charge in [-0.15, -0.1) is 0 Å². The third kappa shape index (κ3) is 2.35. The average molecular weight is 297 g/mol. The van der Waals surface area contributed by atoms with Crippen molar-refractivity contribution in [2.75, 3.05) is 14.2 Å². The molecule has 21 heavy (non-hydrogen) atoms. The first-order chi connectivity index (χ1) is 9.90. The van der Waals surface area contributed by atoms with E-state index in [2.05, 4.69) is 14.5 Å². The van der Waals surface area contributed by atoms with Crippen LogP contribution >= 0.6 is 0 Å². The van der Waals surface area contributed by atoms with E-state index in [1.165, 1.54) is 0 Å². The van der Waals surface area contributed by atoms with Gasteiger partial charge in [-0.3, -0.25) is 4.79 Å². The molecule has 1 N–H and O–H groups in total. The number of nitrogens with one attached hydrogen (secondary N) is 1. The molecule has 0 unspecified atom stereocenters. The maximum atomic E-state index is 13.2. The summed E-state index contributed by atoms with van der Waals surface area (Å²) in [5, 5.41) is -0.290. The Bertz CT molecular complexity index is 812. The zero-order valence-corrected chi connectivity index (χ0v) is 11.0. The maximum absolute atomic E-state index is 13.2. The van der Waals surface area contributed by atoms with E-state index in [4.69, 9.17) is 0 Å². The highest BCUT2D eigenvalue weighted by atomic mass is 19.2. The fourth-order valence-electron chi connectivity index (χ4n) is 1.84. The van der Waals surface area contributed by atoms with Crippen LogP contribution in [0.2, 0.25) is 0 Å². The van der Waals surface area contributed by atoms with E-state index in [1.807, 2.05) is 0 Å². The monoisotopic (exact) mass is 297 g/mol. The third-order valence-corrected chi connectivity index (χ3v) is 2.82. The number of hydrogen-bond donors (Lipinski definition) is 1. The van der Waals surface area contributed by atoms with Crippen LogP contribution in [0.3, 0.4) is 0 Å². The first-order valence-electron chi connectivity index (χ1n) is 5.62. The summed E-state index contributed by atoms with van der Waals surface area (Å²) in [5.74, 6) is -4.57. The van der Waals surface area contributed by atoms with E-state index < -0.39 is 40.3 Å². The van der Waals surface area contributed by atoms with Crippen LogP contribution < -0.4 is 5.43 Å². The van der Waals surface area contributed by atoms with E-state index in [0.717, 1.165) is 14.2 Å². The number of esters is 2. The lowest BCUT2D eigenvalue weighted by Gasteiger charge is -2.08. The Labute approximate surface area is 116 Å². The number of H-pyrrole nitrogens is 1. The number of carbonyl (C=O) groups is 2. The van der Waals surface area contributed by atoms with Crippen LogP contribution in [0, 0.1) is 11.6 Å². The number of aromatic amines is 1. The Kier molecular flexibility index (Phi) is 3.70. The lowest BCUT2D eigenvalue weighted by molar-refractivity contribution is 0.0549. The second-order valence-electron chi connectivity index (χ2n) is 4.00. The van der Waals surface area contributed by atoms with Crippen molar-refractivity contribution < 1.29 is 27.8 Å². The van der Waals surface area contributed by atoms with Gasteiger partial charge < -0.3 is 14.5 Å².